The molecule has 1 fully saturated rings. The first-order valence-electron chi connectivity index (χ1n) is 28.2. The molecule has 2 unspecified atom stereocenters. The number of urea groups is 1. The smallest absolute Gasteiger partial charge is 0.317 e. The SMILES string of the molecule is CC.CCCCCCCC(CCCCCCC)OC.CCCCCCCC(CCCCCCC)OC(=O)CCCC(CCCC=C1CC1)N(CCC)C(=O)NCCC(C)CCCC. The van der Waals surface area contributed by atoms with Crippen LogP contribution in [0.25, 0.3) is 0 Å². The molecule has 0 radical (unpaired) electrons. The maximum absolute atomic E-state index is 13.4. The van der Waals surface area contributed by atoms with Gasteiger partial charge < -0.3 is 19.7 Å². The van der Waals surface area contributed by atoms with Gasteiger partial charge in [-0.05, 0) is 102 Å². The third-order valence-corrected chi connectivity index (χ3v) is 12.9. The lowest BCUT2D eigenvalue weighted by molar-refractivity contribution is -0.150. The Morgan fingerprint density at radius 2 is 1.02 bits per heavy atom. The minimum atomic E-state index is -0.0399. The number of nitrogens with zero attached hydrogens (tertiary/aromatic N) is 1. The summed E-state index contributed by atoms with van der Waals surface area (Å²) in [5.74, 6) is 0.602. The van der Waals surface area contributed by atoms with Gasteiger partial charge >= 0.3 is 12.0 Å². The number of esters is 1. The molecular formula is C57H114N2O4. The van der Waals surface area contributed by atoms with Gasteiger partial charge in [-0.3, -0.25) is 4.79 Å². The first kappa shape index (κ1) is 63.5. The lowest BCUT2D eigenvalue weighted by atomic mass is 10.0. The Labute approximate surface area is 395 Å². The average molecular weight is 892 g/mol. The lowest BCUT2D eigenvalue weighted by Crippen LogP contribution is -2.47. The van der Waals surface area contributed by atoms with E-state index >= 15 is 0 Å². The number of nitrogens with one attached hydrogen (secondary N) is 1. The van der Waals surface area contributed by atoms with Crippen LogP contribution in [0.1, 0.15) is 300 Å². The number of hydrogen-bond acceptors (Lipinski definition) is 4. The Balaban J connectivity index is 0. The summed E-state index contributed by atoms with van der Waals surface area (Å²) >= 11 is 0. The fourth-order valence-electron chi connectivity index (χ4n) is 8.58. The van der Waals surface area contributed by atoms with E-state index in [1.165, 1.54) is 161 Å². The van der Waals surface area contributed by atoms with Crippen LogP contribution < -0.4 is 5.32 Å². The van der Waals surface area contributed by atoms with Gasteiger partial charge in [-0.1, -0.05) is 209 Å². The summed E-state index contributed by atoms with van der Waals surface area (Å²) in [6, 6.07) is 0.250. The van der Waals surface area contributed by atoms with Gasteiger partial charge in [0.15, 0.2) is 0 Å². The van der Waals surface area contributed by atoms with E-state index in [-0.39, 0.29) is 24.1 Å². The fourth-order valence-corrected chi connectivity index (χ4v) is 8.58. The summed E-state index contributed by atoms with van der Waals surface area (Å²) in [5.41, 5.74) is 1.59. The maximum Gasteiger partial charge on any atom is 0.317 e. The van der Waals surface area contributed by atoms with Crippen molar-refractivity contribution in [2.75, 3.05) is 20.2 Å². The minimum Gasteiger partial charge on any atom is -0.462 e. The molecule has 6 nitrogen and oxygen atoms in total. The molecule has 63 heavy (non-hydrogen) atoms. The van der Waals surface area contributed by atoms with Crippen molar-refractivity contribution in [2.24, 2.45) is 5.92 Å². The number of unbranched alkanes of at least 4 members (excludes halogenated alkanes) is 18. The van der Waals surface area contributed by atoms with Crippen LogP contribution in [0.4, 0.5) is 4.79 Å². The van der Waals surface area contributed by atoms with Crippen LogP contribution in [0.15, 0.2) is 11.6 Å². The number of hydrogen-bond donors (Lipinski definition) is 1. The first-order chi connectivity index (χ1) is 30.8. The Morgan fingerprint density at radius 3 is 1.46 bits per heavy atom. The first-order valence-corrected chi connectivity index (χ1v) is 28.2. The quantitative estimate of drug-likeness (QED) is 0.0376. The molecule has 1 N–H and O–H groups in total. The van der Waals surface area contributed by atoms with Crippen molar-refractivity contribution in [2.45, 2.75) is 318 Å². The van der Waals surface area contributed by atoms with Crippen molar-refractivity contribution in [3.8, 4) is 0 Å². The largest absolute Gasteiger partial charge is 0.462 e. The second-order valence-corrected chi connectivity index (χ2v) is 19.1. The highest BCUT2D eigenvalue weighted by Gasteiger charge is 2.24. The molecule has 0 aliphatic heterocycles. The van der Waals surface area contributed by atoms with Gasteiger partial charge in [0, 0.05) is 32.7 Å². The number of carbonyl (C=O) groups is 2. The topological polar surface area (TPSA) is 67.9 Å². The van der Waals surface area contributed by atoms with E-state index in [0.29, 0.717) is 18.4 Å². The van der Waals surface area contributed by atoms with Crippen molar-refractivity contribution < 1.29 is 19.1 Å². The summed E-state index contributed by atoms with van der Waals surface area (Å²) < 4.78 is 11.7. The molecule has 1 aliphatic rings. The van der Waals surface area contributed by atoms with Gasteiger partial charge in [0.25, 0.3) is 0 Å². The van der Waals surface area contributed by atoms with Gasteiger partial charge in [-0.2, -0.15) is 0 Å². The van der Waals surface area contributed by atoms with Crippen molar-refractivity contribution >= 4 is 12.0 Å². The highest BCUT2D eigenvalue weighted by atomic mass is 16.5. The molecule has 0 aromatic carbocycles. The van der Waals surface area contributed by atoms with Gasteiger partial charge in [0.1, 0.15) is 6.10 Å². The summed E-state index contributed by atoms with van der Waals surface area (Å²) in [6.07, 6.45) is 47.3. The van der Waals surface area contributed by atoms with Crippen molar-refractivity contribution in [1.82, 2.24) is 10.2 Å². The van der Waals surface area contributed by atoms with Crippen LogP contribution in [0.2, 0.25) is 0 Å². The summed E-state index contributed by atoms with van der Waals surface area (Å²) in [5, 5.41) is 3.25. The number of rotatable bonds is 43. The Hall–Kier alpha value is -1.56. The van der Waals surface area contributed by atoms with Crippen molar-refractivity contribution in [3.05, 3.63) is 11.6 Å². The number of allylic oxidation sites excluding steroid dienone is 2. The monoisotopic (exact) mass is 891 g/mol. The molecule has 0 bridgehead atoms. The zero-order chi connectivity index (χ0) is 47.0. The summed E-state index contributed by atoms with van der Waals surface area (Å²) in [4.78, 5) is 28.5. The van der Waals surface area contributed by atoms with E-state index in [2.05, 4.69) is 64.8 Å². The highest BCUT2D eigenvalue weighted by molar-refractivity contribution is 5.74. The van der Waals surface area contributed by atoms with Gasteiger partial charge in [-0.25, -0.2) is 4.79 Å². The Morgan fingerprint density at radius 1 is 0.556 bits per heavy atom. The molecule has 1 aliphatic carbocycles. The molecule has 1 rings (SSSR count). The molecule has 0 aromatic rings. The van der Waals surface area contributed by atoms with E-state index < -0.39 is 0 Å². The van der Waals surface area contributed by atoms with E-state index in [9.17, 15) is 9.59 Å². The maximum atomic E-state index is 13.4. The molecule has 0 spiro atoms. The van der Waals surface area contributed by atoms with Crippen molar-refractivity contribution in [3.63, 3.8) is 0 Å². The van der Waals surface area contributed by atoms with Crippen LogP contribution in [0, 0.1) is 5.92 Å². The van der Waals surface area contributed by atoms with E-state index in [4.69, 9.17) is 9.47 Å². The standard InChI is InChI=1S/C39H74N2O3.C16H34O.C2H6/c1-6-10-13-15-17-26-37(27-18-16-14-11-7-2)44-38(42)28-21-25-36(24-20-19-23-35-29-30-35)41(33-9-4)39(43)40-32-31-34(5)22-12-8-3;1-4-6-8-10-12-14-16(17-3)15-13-11-9-7-5-2;1-2/h23,34,36-37H,6-22,24-33H2,1-5H3,(H,40,43);16H,4-15H2,1-3H3;1-2H3. The summed E-state index contributed by atoms with van der Waals surface area (Å²) in [7, 11) is 1.88. The molecular weight excluding hydrogens is 777 g/mol. The molecule has 1 saturated carbocycles. The van der Waals surface area contributed by atoms with Gasteiger partial charge in [-0.15, -0.1) is 0 Å². The van der Waals surface area contributed by atoms with E-state index in [0.717, 1.165) is 83.7 Å². The molecule has 0 saturated heterocycles. The number of carbonyl (C=O) groups excluding carboxylic acids is 2. The predicted molar refractivity (Wildman–Crippen MR) is 278 cm³/mol. The van der Waals surface area contributed by atoms with Crippen LogP contribution in [0.5, 0.6) is 0 Å². The van der Waals surface area contributed by atoms with Crippen LogP contribution in [-0.2, 0) is 14.3 Å². The predicted octanol–water partition coefficient (Wildman–Crippen LogP) is 18.4. The van der Waals surface area contributed by atoms with Crippen LogP contribution in [0.3, 0.4) is 0 Å². The van der Waals surface area contributed by atoms with Crippen molar-refractivity contribution in [1.29, 1.82) is 0 Å². The third kappa shape index (κ3) is 42.8. The molecule has 2 amide bonds. The highest BCUT2D eigenvalue weighted by Crippen LogP contribution is 2.29. The van der Waals surface area contributed by atoms with E-state index in [1.807, 2.05) is 21.0 Å². The number of ether oxygens (including phenoxy) is 2. The second-order valence-electron chi connectivity index (χ2n) is 19.1. The normalized spacial score (nSPS) is 12.9. The lowest BCUT2D eigenvalue weighted by Gasteiger charge is -2.32. The zero-order valence-electron chi connectivity index (χ0n) is 44.5. The molecule has 0 heterocycles. The zero-order valence-corrected chi connectivity index (χ0v) is 44.5. The minimum absolute atomic E-state index is 0.0399. The number of amides is 2. The van der Waals surface area contributed by atoms with Crippen LogP contribution in [-0.4, -0.2) is 55.3 Å². The van der Waals surface area contributed by atoms with Crippen LogP contribution >= 0.6 is 0 Å². The third-order valence-electron chi connectivity index (χ3n) is 12.9. The Kier molecular flexibility index (Phi) is 50.3. The molecule has 2 atom stereocenters. The second kappa shape index (κ2) is 49.9. The average Bonchev–Trinajstić information content (AvgIpc) is 4.12. The molecule has 6 heteroatoms. The fraction of sp³-hybridized carbons (Fsp3) is 0.930. The summed E-state index contributed by atoms with van der Waals surface area (Å²) in [6.45, 7) is 21.3. The molecule has 376 valence electrons. The molecule has 0 aromatic heterocycles. The van der Waals surface area contributed by atoms with Gasteiger partial charge in [0.05, 0.1) is 6.10 Å². The Bertz CT molecular complexity index is 951. The van der Waals surface area contributed by atoms with E-state index in [1.54, 1.807) is 5.57 Å². The van der Waals surface area contributed by atoms with Gasteiger partial charge in [0.2, 0.25) is 0 Å². The number of methoxy groups -OCH3 is 1.